The van der Waals surface area contributed by atoms with E-state index >= 15 is 0 Å². The molecule has 2 aromatic rings. The van der Waals surface area contributed by atoms with Gasteiger partial charge in [-0.3, -0.25) is 4.79 Å². The van der Waals surface area contributed by atoms with E-state index in [1.807, 2.05) is 49.4 Å². The van der Waals surface area contributed by atoms with E-state index in [9.17, 15) is 4.79 Å². The average molecular weight is 309 g/mol. The zero-order chi connectivity index (χ0) is 17.0. The Labute approximate surface area is 140 Å². The minimum atomic E-state index is -0.528. The molecule has 0 saturated carbocycles. The van der Waals surface area contributed by atoms with Gasteiger partial charge in [-0.1, -0.05) is 60.2 Å². The van der Waals surface area contributed by atoms with Crippen LogP contribution in [-0.4, -0.2) is 30.8 Å². The summed E-state index contributed by atoms with van der Waals surface area (Å²) >= 11 is 0. The summed E-state index contributed by atoms with van der Waals surface area (Å²) in [6.45, 7) is 6.28. The maximum atomic E-state index is 13.3. The fourth-order valence-electron chi connectivity index (χ4n) is 2.94. The van der Waals surface area contributed by atoms with Crippen LogP contribution in [-0.2, 0) is 5.41 Å². The Hall–Kier alpha value is -1.93. The van der Waals surface area contributed by atoms with E-state index in [0.717, 1.165) is 17.5 Å². The molecule has 0 heterocycles. The third kappa shape index (κ3) is 3.89. The molecule has 0 aliphatic carbocycles. The number of Topliss-reactive ketones (excluding diaryl/α,β-unsaturated/α-hetero) is 1. The van der Waals surface area contributed by atoms with Crippen molar-refractivity contribution in [2.45, 2.75) is 38.6 Å². The molecule has 0 radical (unpaired) electrons. The third-order valence-corrected chi connectivity index (χ3v) is 4.81. The fraction of sp³-hybridized carbons (Fsp3) is 0.381. The highest BCUT2D eigenvalue weighted by atomic mass is 16.1. The minimum absolute atomic E-state index is 0.192. The summed E-state index contributed by atoms with van der Waals surface area (Å²) in [4.78, 5) is 15.5. The summed E-state index contributed by atoms with van der Waals surface area (Å²) in [6, 6.07) is 18.4. The van der Waals surface area contributed by atoms with Crippen molar-refractivity contribution in [1.29, 1.82) is 0 Å². The number of nitrogens with zero attached hydrogens (tertiary/aromatic N) is 1. The number of hydrogen-bond donors (Lipinski definition) is 0. The SMILES string of the molecule is Cc1ccc(C(=O)[C@@](C)(C[C@H](C)N(C)C)c2ccccc2)cc1. The molecule has 2 aromatic carbocycles. The monoisotopic (exact) mass is 309 g/mol. The normalized spacial score (nSPS) is 15.2. The summed E-state index contributed by atoms with van der Waals surface area (Å²) in [5, 5.41) is 0. The van der Waals surface area contributed by atoms with E-state index in [1.54, 1.807) is 0 Å². The zero-order valence-corrected chi connectivity index (χ0v) is 14.8. The second kappa shape index (κ2) is 7.10. The van der Waals surface area contributed by atoms with E-state index < -0.39 is 5.41 Å². The molecule has 2 nitrogen and oxygen atoms in total. The van der Waals surface area contributed by atoms with Gasteiger partial charge in [-0.15, -0.1) is 0 Å². The van der Waals surface area contributed by atoms with Crippen LogP contribution in [0.3, 0.4) is 0 Å². The van der Waals surface area contributed by atoms with Crippen molar-refractivity contribution in [2.75, 3.05) is 14.1 Å². The van der Waals surface area contributed by atoms with Crippen LogP contribution >= 0.6 is 0 Å². The van der Waals surface area contributed by atoms with Crippen molar-refractivity contribution in [2.24, 2.45) is 0 Å². The lowest BCUT2D eigenvalue weighted by molar-refractivity contribution is 0.0862. The first-order chi connectivity index (χ1) is 10.8. The first-order valence-electron chi connectivity index (χ1n) is 8.18. The average Bonchev–Trinajstić information content (AvgIpc) is 2.55. The number of carbonyl (C=O) groups excluding carboxylic acids is 1. The van der Waals surface area contributed by atoms with E-state index in [1.165, 1.54) is 5.56 Å². The summed E-state index contributed by atoms with van der Waals surface area (Å²) in [6.07, 6.45) is 0.788. The van der Waals surface area contributed by atoms with Gasteiger partial charge in [0.2, 0.25) is 0 Å². The summed E-state index contributed by atoms with van der Waals surface area (Å²) in [5.41, 5.74) is 2.51. The van der Waals surface area contributed by atoms with E-state index in [-0.39, 0.29) is 5.78 Å². The molecule has 0 N–H and O–H groups in total. The van der Waals surface area contributed by atoms with Crippen molar-refractivity contribution in [3.05, 3.63) is 71.3 Å². The molecule has 0 aliphatic heterocycles. The van der Waals surface area contributed by atoms with Gasteiger partial charge in [0, 0.05) is 11.6 Å². The first-order valence-corrected chi connectivity index (χ1v) is 8.18. The second-order valence-corrected chi connectivity index (χ2v) is 6.91. The zero-order valence-electron chi connectivity index (χ0n) is 14.8. The highest BCUT2D eigenvalue weighted by Crippen LogP contribution is 2.33. The molecular formula is C21H27NO. The predicted octanol–water partition coefficient (Wildman–Crippen LogP) is 4.48. The van der Waals surface area contributed by atoms with Crippen molar-refractivity contribution < 1.29 is 4.79 Å². The lowest BCUT2D eigenvalue weighted by atomic mass is 9.72. The summed E-state index contributed by atoms with van der Waals surface area (Å²) in [5.74, 6) is 0.192. The van der Waals surface area contributed by atoms with Crippen LogP contribution in [0.1, 0.15) is 41.8 Å². The Bertz CT molecular complexity index is 645. The molecule has 122 valence electrons. The van der Waals surface area contributed by atoms with Gasteiger partial charge in [0.15, 0.2) is 5.78 Å². The molecule has 0 unspecified atom stereocenters. The van der Waals surface area contributed by atoms with Gasteiger partial charge in [-0.05, 0) is 46.9 Å². The quantitative estimate of drug-likeness (QED) is 0.734. The molecule has 2 atom stereocenters. The smallest absolute Gasteiger partial charge is 0.173 e. The van der Waals surface area contributed by atoms with Gasteiger partial charge >= 0.3 is 0 Å². The molecule has 2 rings (SSSR count). The number of aryl methyl sites for hydroxylation is 1. The van der Waals surface area contributed by atoms with Crippen molar-refractivity contribution in [3.8, 4) is 0 Å². The predicted molar refractivity (Wildman–Crippen MR) is 97.1 cm³/mol. The van der Waals surface area contributed by atoms with Crippen LogP contribution in [0.5, 0.6) is 0 Å². The minimum Gasteiger partial charge on any atom is -0.307 e. The van der Waals surface area contributed by atoms with Gasteiger partial charge in [-0.25, -0.2) is 0 Å². The van der Waals surface area contributed by atoms with Crippen LogP contribution in [0, 0.1) is 6.92 Å². The first kappa shape index (κ1) is 17.4. The maximum Gasteiger partial charge on any atom is 0.173 e. The van der Waals surface area contributed by atoms with Gasteiger partial charge < -0.3 is 4.90 Å². The molecule has 0 aliphatic rings. The second-order valence-electron chi connectivity index (χ2n) is 6.91. The Morgan fingerprint density at radius 2 is 1.61 bits per heavy atom. The molecule has 0 fully saturated rings. The topological polar surface area (TPSA) is 20.3 Å². The van der Waals surface area contributed by atoms with Crippen LogP contribution in [0.4, 0.5) is 0 Å². The number of hydrogen-bond acceptors (Lipinski definition) is 2. The molecule has 0 amide bonds. The molecule has 0 saturated heterocycles. The van der Waals surface area contributed by atoms with Gasteiger partial charge in [0.25, 0.3) is 0 Å². The van der Waals surface area contributed by atoms with Crippen LogP contribution < -0.4 is 0 Å². The third-order valence-electron chi connectivity index (χ3n) is 4.81. The molecule has 0 aromatic heterocycles. The van der Waals surface area contributed by atoms with Crippen LogP contribution in [0.15, 0.2) is 54.6 Å². The van der Waals surface area contributed by atoms with Crippen molar-refractivity contribution >= 4 is 5.78 Å². The van der Waals surface area contributed by atoms with Crippen LogP contribution in [0.2, 0.25) is 0 Å². The number of carbonyl (C=O) groups is 1. The van der Waals surface area contributed by atoms with E-state index in [0.29, 0.717) is 6.04 Å². The van der Waals surface area contributed by atoms with Crippen molar-refractivity contribution in [3.63, 3.8) is 0 Å². The van der Waals surface area contributed by atoms with Gasteiger partial charge in [0.1, 0.15) is 0 Å². The number of rotatable bonds is 6. The highest BCUT2D eigenvalue weighted by molar-refractivity contribution is 6.03. The largest absolute Gasteiger partial charge is 0.307 e. The van der Waals surface area contributed by atoms with Gasteiger partial charge in [-0.2, -0.15) is 0 Å². The van der Waals surface area contributed by atoms with Crippen LogP contribution in [0.25, 0.3) is 0 Å². The summed E-state index contributed by atoms with van der Waals surface area (Å²) in [7, 11) is 4.12. The molecule has 0 spiro atoms. The van der Waals surface area contributed by atoms with Gasteiger partial charge in [0.05, 0.1) is 5.41 Å². The summed E-state index contributed by atoms with van der Waals surface area (Å²) < 4.78 is 0. The number of ketones is 1. The van der Waals surface area contributed by atoms with E-state index in [4.69, 9.17) is 0 Å². The van der Waals surface area contributed by atoms with E-state index in [2.05, 4.69) is 45.0 Å². The standard InChI is InChI=1S/C21H27NO/c1-16-11-13-18(14-12-16)20(23)21(3,15-17(2)22(4)5)19-9-7-6-8-10-19/h6-14,17H,15H2,1-5H3/t17-,21-/m0/s1. The lowest BCUT2D eigenvalue weighted by Crippen LogP contribution is -2.40. The lowest BCUT2D eigenvalue weighted by Gasteiger charge is -2.34. The molecule has 23 heavy (non-hydrogen) atoms. The molecular weight excluding hydrogens is 282 g/mol. The van der Waals surface area contributed by atoms with Crippen molar-refractivity contribution in [1.82, 2.24) is 4.90 Å². The molecule has 0 bridgehead atoms. The molecule has 2 heteroatoms. The Morgan fingerprint density at radius 3 is 2.13 bits per heavy atom. The highest BCUT2D eigenvalue weighted by Gasteiger charge is 2.37. The fourth-order valence-corrected chi connectivity index (χ4v) is 2.94. The Kier molecular flexibility index (Phi) is 5.38. The maximum absolute atomic E-state index is 13.3. The number of benzene rings is 2. The Morgan fingerprint density at radius 1 is 1.04 bits per heavy atom. The Balaban J connectivity index is 2.44.